The van der Waals surface area contributed by atoms with Crippen LogP contribution in [0.25, 0.3) is 0 Å². The van der Waals surface area contributed by atoms with Gasteiger partial charge in [-0.25, -0.2) is 0 Å². The van der Waals surface area contributed by atoms with Gasteiger partial charge in [-0.3, -0.25) is 4.99 Å². The van der Waals surface area contributed by atoms with Gasteiger partial charge >= 0.3 is 0 Å². The average Bonchev–Trinajstić information content (AvgIpc) is 2.30. The molecule has 0 spiro atoms. The fourth-order valence-corrected chi connectivity index (χ4v) is 0.850. The minimum atomic E-state index is 0.597. The maximum atomic E-state index is 5.21. The van der Waals surface area contributed by atoms with E-state index < -0.39 is 0 Å². The van der Waals surface area contributed by atoms with Crippen molar-refractivity contribution < 1.29 is 4.74 Å². The van der Waals surface area contributed by atoms with E-state index in [-0.39, 0.29) is 0 Å². The van der Waals surface area contributed by atoms with Gasteiger partial charge in [0.05, 0.1) is 6.54 Å². The third kappa shape index (κ3) is 5.05. The second-order valence-corrected chi connectivity index (χ2v) is 2.74. The fourth-order valence-electron chi connectivity index (χ4n) is 0.850. The lowest BCUT2D eigenvalue weighted by molar-refractivity contribution is 0.231. The zero-order chi connectivity index (χ0) is 11.7. The molecular weight excluding hydrogens is 188 g/mol. The summed E-state index contributed by atoms with van der Waals surface area (Å²) in [7, 11) is 0. The molecule has 0 bridgehead atoms. The number of allylic oxidation sites excluding steroid dienone is 2. The highest BCUT2D eigenvalue weighted by molar-refractivity contribution is 5.97. The quantitative estimate of drug-likeness (QED) is 0.708. The van der Waals surface area contributed by atoms with E-state index in [0.717, 1.165) is 5.57 Å². The Labute approximate surface area is 92.2 Å². The normalized spacial score (nSPS) is 15.5. The highest BCUT2D eigenvalue weighted by Gasteiger charge is 2.08. The first-order valence-electron chi connectivity index (χ1n) is 5.16. The van der Waals surface area contributed by atoms with Crippen LogP contribution in [0.4, 0.5) is 0 Å². The van der Waals surface area contributed by atoms with Gasteiger partial charge in [-0.15, -0.1) is 0 Å². The lowest BCUT2D eigenvalue weighted by Gasteiger charge is -2.15. The molecule has 15 heavy (non-hydrogen) atoms. The molecule has 1 N–H and O–H groups in total. The van der Waals surface area contributed by atoms with Crippen LogP contribution in [0.3, 0.4) is 0 Å². The van der Waals surface area contributed by atoms with Gasteiger partial charge < -0.3 is 10.1 Å². The third-order valence-corrected chi connectivity index (χ3v) is 1.66. The number of rotatable bonds is 2. The summed E-state index contributed by atoms with van der Waals surface area (Å²) >= 11 is 0. The summed E-state index contributed by atoms with van der Waals surface area (Å²) in [6, 6.07) is 0. The molecule has 0 fully saturated rings. The molecule has 0 radical (unpaired) electrons. The summed E-state index contributed by atoms with van der Waals surface area (Å²) < 4.78 is 5.21. The van der Waals surface area contributed by atoms with Gasteiger partial charge in [0.2, 0.25) is 0 Å². The van der Waals surface area contributed by atoms with Crippen LogP contribution in [-0.4, -0.2) is 19.0 Å². The Morgan fingerprint density at radius 3 is 2.73 bits per heavy atom. The van der Waals surface area contributed by atoms with Crippen LogP contribution in [0, 0.1) is 0 Å². The van der Waals surface area contributed by atoms with E-state index in [1.807, 2.05) is 27.0 Å². The second kappa shape index (κ2) is 7.85. The largest absolute Gasteiger partial charge is 0.488 e. The van der Waals surface area contributed by atoms with Crippen molar-refractivity contribution in [1.82, 2.24) is 5.32 Å². The molecule has 1 rings (SSSR count). The first-order chi connectivity index (χ1) is 7.24. The fraction of sp³-hybridized carbons (Fsp3) is 0.417. The molecule has 0 saturated carbocycles. The van der Waals surface area contributed by atoms with E-state index in [1.54, 1.807) is 6.08 Å². The van der Waals surface area contributed by atoms with Crippen molar-refractivity contribution >= 4 is 5.84 Å². The predicted octanol–water partition coefficient (Wildman–Crippen LogP) is 2.63. The number of hydrogen-bond donors (Lipinski definition) is 1. The summed E-state index contributed by atoms with van der Waals surface area (Å²) in [6.07, 6.45) is 3.59. The SMILES string of the molecule is C=C/C(C)=C\NC1=NCCOC1=C.CC. The minimum absolute atomic E-state index is 0.597. The summed E-state index contributed by atoms with van der Waals surface area (Å²) in [5.74, 6) is 1.30. The molecule has 0 aromatic carbocycles. The Bertz CT molecular complexity index is 277. The Kier molecular flexibility index (Phi) is 7.06. The molecule has 1 heterocycles. The van der Waals surface area contributed by atoms with Gasteiger partial charge in [-0.2, -0.15) is 0 Å². The molecule has 1 aliphatic rings. The first-order valence-corrected chi connectivity index (χ1v) is 5.16. The summed E-state index contributed by atoms with van der Waals surface area (Å²) in [5, 5.41) is 3.01. The average molecular weight is 208 g/mol. The Morgan fingerprint density at radius 1 is 1.53 bits per heavy atom. The lowest BCUT2D eigenvalue weighted by Crippen LogP contribution is -2.26. The lowest BCUT2D eigenvalue weighted by atomic mass is 10.3. The van der Waals surface area contributed by atoms with Crippen LogP contribution < -0.4 is 5.32 Å². The monoisotopic (exact) mass is 208 g/mol. The number of nitrogens with one attached hydrogen (secondary N) is 1. The number of hydrogen-bond acceptors (Lipinski definition) is 3. The first kappa shape index (κ1) is 13.5. The van der Waals surface area contributed by atoms with Gasteiger partial charge in [0.25, 0.3) is 0 Å². The van der Waals surface area contributed by atoms with Gasteiger partial charge in [0.15, 0.2) is 11.6 Å². The van der Waals surface area contributed by atoms with Crippen molar-refractivity contribution in [1.29, 1.82) is 0 Å². The maximum absolute atomic E-state index is 5.21. The molecule has 0 aromatic rings. The van der Waals surface area contributed by atoms with Crippen molar-refractivity contribution in [2.75, 3.05) is 13.2 Å². The van der Waals surface area contributed by atoms with Crippen LogP contribution in [0.15, 0.2) is 41.8 Å². The molecule has 0 aromatic heterocycles. The molecule has 84 valence electrons. The highest BCUT2D eigenvalue weighted by atomic mass is 16.5. The Morgan fingerprint density at radius 2 is 2.20 bits per heavy atom. The van der Waals surface area contributed by atoms with Crippen molar-refractivity contribution in [3.63, 3.8) is 0 Å². The summed E-state index contributed by atoms with van der Waals surface area (Å²) in [5.41, 5.74) is 1.04. The van der Waals surface area contributed by atoms with E-state index in [0.29, 0.717) is 24.7 Å². The summed E-state index contributed by atoms with van der Waals surface area (Å²) in [4.78, 5) is 4.22. The number of nitrogens with zero attached hydrogens (tertiary/aromatic N) is 1. The standard InChI is InChI=1S/C10H14N2O.C2H6/c1-4-8(2)7-12-10-9(3)13-6-5-11-10;1-2/h4,7H,1,3,5-6H2,2H3,(H,11,12);1-2H3/b8-7-;. The topological polar surface area (TPSA) is 33.6 Å². The van der Waals surface area contributed by atoms with Crippen molar-refractivity contribution in [2.24, 2.45) is 4.99 Å². The van der Waals surface area contributed by atoms with Crippen LogP contribution in [-0.2, 0) is 4.74 Å². The Hall–Kier alpha value is -1.51. The second-order valence-electron chi connectivity index (χ2n) is 2.74. The number of amidine groups is 1. The molecule has 0 amide bonds. The van der Waals surface area contributed by atoms with Crippen LogP contribution in [0.2, 0.25) is 0 Å². The molecule has 0 unspecified atom stereocenters. The van der Waals surface area contributed by atoms with E-state index >= 15 is 0 Å². The highest BCUT2D eigenvalue weighted by Crippen LogP contribution is 2.02. The van der Waals surface area contributed by atoms with Crippen molar-refractivity contribution in [2.45, 2.75) is 20.8 Å². The zero-order valence-electron chi connectivity index (χ0n) is 9.84. The number of ether oxygens (including phenoxy) is 1. The van der Waals surface area contributed by atoms with Crippen LogP contribution in [0.1, 0.15) is 20.8 Å². The van der Waals surface area contributed by atoms with E-state index in [9.17, 15) is 0 Å². The van der Waals surface area contributed by atoms with Crippen LogP contribution in [0.5, 0.6) is 0 Å². The predicted molar refractivity (Wildman–Crippen MR) is 65.8 cm³/mol. The maximum Gasteiger partial charge on any atom is 0.167 e. The van der Waals surface area contributed by atoms with E-state index in [1.165, 1.54) is 0 Å². The molecule has 1 aliphatic heterocycles. The van der Waals surface area contributed by atoms with Crippen molar-refractivity contribution in [3.8, 4) is 0 Å². The smallest absolute Gasteiger partial charge is 0.167 e. The van der Waals surface area contributed by atoms with E-state index in [4.69, 9.17) is 4.74 Å². The number of aliphatic imine (C=N–C) groups is 1. The molecule has 0 atom stereocenters. The molecular formula is C12H20N2O. The minimum Gasteiger partial charge on any atom is -0.488 e. The van der Waals surface area contributed by atoms with Gasteiger partial charge in [-0.1, -0.05) is 33.1 Å². The van der Waals surface area contributed by atoms with Crippen LogP contribution >= 0.6 is 0 Å². The van der Waals surface area contributed by atoms with Gasteiger partial charge in [0.1, 0.15) is 6.61 Å². The zero-order valence-corrected chi connectivity index (χ0v) is 9.84. The Balaban J connectivity index is 0.000000921. The van der Waals surface area contributed by atoms with E-state index in [2.05, 4.69) is 23.5 Å². The van der Waals surface area contributed by atoms with Gasteiger partial charge in [-0.05, 0) is 12.5 Å². The molecule has 3 nitrogen and oxygen atoms in total. The molecule has 0 saturated heterocycles. The van der Waals surface area contributed by atoms with Crippen molar-refractivity contribution in [3.05, 3.63) is 36.8 Å². The molecule has 0 aliphatic carbocycles. The third-order valence-electron chi connectivity index (χ3n) is 1.66. The molecule has 3 heteroatoms. The van der Waals surface area contributed by atoms with Gasteiger partial charge in [0, 0.05) is 6.20 Å². The summed E-state index contributed by atoms with van der Waals surface area (Å²) in [6.45, 7) is 14.6.